The first kappa shape index (κ1) is 17.9. The molecular formula is C21H17N3O3S. The number of anilines is 1. The second-order valence-corrected chi connectivity index (χ2v) is 7.00. The second kappa shape index (κ2) is 7.66. The number of nitrogens with zero attached hydrogens (tertiary/aromatic N) is 2. The van der Waals surface area contributed by atoms with Gasteiger partial charge in [0.05, 0.1) is 24.6 Å². The Bertz CT molecular complexity index is 1200. The lowest BCUT2D eigenvalue weighted by Gasteiger charge is -2.10. The topological polar surface area (TPSA) is 73.2 Å². The summed E-state index contributed by atoms with van der Waals surface area (Å²) in [6.45, 7) is -0.127. The second-order valence-electron chi connectivity index (χ2n) is 6.12. The molecule has 0 aliphatic carbocycles. The first-order valence-electron chi connectivity index (χ1n) is 8.62. The van der Waals surface area contributed by atoms with Gasteiger partial charge >= 0.3 is 0 Å². The number of para-hydroxylation sites is 2. The van der Waals surface area contributed by atoms with Crippen molar-refractivity contribution in [3.8, 4) is 16.9 Å². The highest BCUT2D eigenvalue weighted by Crippen LogP contribution is 2.30. The minimum atomic E-state index is -0.326. The fourth-order valence-electron chi connectivity index (χ4n) is 2.97. The van der Waals surface area contributed by atoms with E-state index in [1.807, 2.05) is 41.8 Å². The molecule has 0 saturated heterocycles. The van der Waals surface area contributed by atoms with Gasteiger partial charge in [-0.2, -0.15) is 0 Å². The number of amides is 1. The lowest BCUT2D eigenvalue weighted by atomic mass is 10.1. The molecule has 6 nitrogen and oxygen atoms in total. The van der Waals surface area contributed by atoms with Gasteiger partial charge in [0.25, 0.3) is 5.56 Å². The van der Waals surface area contributed by atoms with Crippen LogP contribution in [0.25, 0.3) is 21.3 Å². The molecule has 2 aromatic heterocycles. The van der Waals surface area contributed by atoms with Gasteiger partial charge in [0.15, 0.2) is 0 Å². The quantitative estimate of drug-likeness (QED) is 0.562. The van der Waals surface area contributed by atoms with Crippen molar-refractivity contribution in [2.45, 2.75) is 6.54 Å². The van der Waals surface area contributed by atoms with E-state index in [4.69, 9.17) is 4.74 Å². The molecule has 1 amide bonds. The number of carbonyl (C=O) groups is 1. The van der Waals surface area contributed by atoms with E-state index in [-0.39, 0.29) is 18.0 Å². The highest BCUT2D eigenvalue weighted by atomic mass is 32.1. The van der Waals surface area contributed by atoms with Crippen LogP contribution in [0.2, 0.25) is 0 Å². The third-order valence-electron chi connectivity index (χ3n) is 4.33. The summed E-state index contributed by atoms with van der Waals surface area (Å²) in [4.78, 5) is 29.7. The van der Waals surface area contributed by atoms with E-state index in [9.17, 15) is 9.59 Å². The van der Waals surface area contributed by atoms with Crippen LogP contribution < -0.4 is 15.6 Å². The average molecular weight is 391 g/mol. The van der Waals surface area contributed by atoms with E-state index in [0.717, 1.165) is 11.1 Å². The number of benzene rings is 2. The molecule has 140 valence electrons. The van der Waals surface area contributed by atoms with Crippen LogP contribution in [0.5, 0.6) is 5.75 Å². The van der Waals surface area contributed by atoms with Crippen molar-refractivity contribution in [1.29, 1.82) is 0 Å². The van der Waals surface area contributed by atoms with Gasteiger partial charge in [-0.3, -0.25) is 14.2 Å². The zero-order chi connectivity index (χ0) is 19.5. The van der Waals surface area contributed by atoms with Crippen LogP contribution in [-0.4, -0.2) is 22.6 Å². The molecule has 0 unspecified atom stereocenters. The van der Waals surface area contributed by atoms with E-state index < -0.39 is 0 Å². The van der Waals surface area contributed by atoms with E-state index in [2.05, 4.69) is 10.3 Å². The van der Waals surface area contributed by atoms with Crippen molar-refractivity contribution in [3.63, 3.8) is 0 Å². The molecule has 0 radical (unpaired) electrons. The summed E-state index contributed by atoms with van der Waals surface area (Å²) in [7, 11) is 1.54. The van der Waals surface area contributed by atoms with Gasteiger partial charge in [0.2, 0.25) is 5.91 Å². The fraction of sp³-hybridized carbons (Fsp3) is 0.0952. The van der Waals surface area contributed by atoms with Crippen LogP contribution in [0.4, 0.5) is 5.69 Å². The molecule has 0 aliphatic rings. The van der Waals surface area contributed by atoms with Crippen molar-refractivity contribution in [1.82, 2.24) is 9.55 Å². The molecular weight excluding hydrogens is 374 g/mol. The summed E-state index contributed by atoms with van der Waals surface area (Å²) in [5.74, 6) is 0.232. The third kappa shape index (κ3) is 3.39. The van der Waals surface area contributed by atoms with Crippen molar-refractivity contribution >= 4 is 33.1 Å². The van der Waals surface area contributed by atoms with Gasteiger partial charge < -0.3 is 10.1 Å². The lowest BCUT2D eigenvalue weighted by Crippen LogP contribution is -2.27. The Balaban J connectivity index is 1.61. The van der Waals surface area contributed by atoms with E-state index in [1.54, 1.807) is 18.2 Å². The SMILES string of the molecule is COc1ccccc1NC(=O)Cn1cnc2c(-c3ccccc3)csc2c1=O. The molecule has 0 spiro atoms. The van der Waals surface area contributed by atoms with Crippen LogP contribution in [0.15, 0.2) is 71.1 Å². The monoisotopic (exact) mass is 391 g/mol. The number of methoxy groups -OCH3 is 1. The molecule has 4 aromatic rings. The number of ether oxygens (including phenoxy) is 1. The highest BCUT2D eigenvalue weighted by Gasteiger charge is 2.14. The van der Waals surface area contributed by atoms with Gasteiger partial charge in [0, 0.05) is 10.9 Å². The molecule has 0 saturated carbocycles. The Morgan fingerprint density at radius 3 is 2.68 bits per heavy atom. The summed E-state index contributed by atoms with van der Waals surface area (Å²) >= 11 is 1.34. The van der Waals surface area contributed by atoms with Gasteiger partial charge in [-0.1, -0.05) is 42.5 Å². The Hall–Kier alpha value is -3.45. The molecule has 0 atom stereocenters. The zero-order valence-electron chi connectivity index (χ0n) is 15.1. The summed E-state index contributed by atoms with van der Waals surface area (Å²) in [6, 6.07) is 16.9. The van der Waals surface area contributed by atoms with Gasteiger partial charge in [-0.05, 0) is 17.7 Å². The number of fused-ring (bicyclic) bond motifs is 1. The predicted octanol–water partition coefficient (Wildman–Crippen LogP) is 3.77. The minimum Gasteiger partial charge on any atom is -0.495 e. The Kier molecular flexibility index (Phi) is 4.90. The molecule has 2 heterocycles. The number of nitrogens with one attached hydrogen (secondary N) is 1. The molecule has 7 heteroatoms. The van der Waals surface area contributed by atoms with Crippen molar-refractivity contribution in [2.24, 2.45) is 0 Å². The Morgan fingerprint density at radius 1 is 1.14 bits per heavy atom. The number of thiophene rings is 1. The van der Waals surface area contributed by atoms with Crippen LogP contribution in [0.1, 0.15) is 0 Å². The summed E-state index contributed by atoms with van der Waals surface area (Å²) < 4.78 is 7.08. The van der Waals surface area contributed by atoms with Crippen molar-refractivity contribution < 1.29 is 9.53 Å². The van der Waals surface area contributed by atoms with Gasteiger partial charge in [-0.15, -0.1) is 11.3 Å². The van der Waals surface area contributed by atoms with Crippen LogP contribution in [0.3, 0.4) is 0 Å². The smallest absolute Gasteiger partial charge is 0.271 e. The molecule has 4 rings (SSSR count). The molecule has 2 aromatic carbocycles. The maximum atomic E-state index is 12.8. The predicted molar refractivity (Wildman–Crippen MR) is 111 cm³/mol. The molecule has 0 aliphatic heterocycles. The van der Waals surface area contributed by atoms with Crippen LogP contribution in [-0.2, 0) is 11.3 Å². The molecule has 0 bridgehead atoms. The summed E-state index contributed by atoms with van der Waals surface area (Å²) in [6.07, 6.45) is 1.42. The van der Waals surface area contributed by atoms with E-state index in [1.165, 1.54) is 29.3 Å². The number of hydrogen-bond acceptors (Lipinski definition) is 5. The number of aromatic nitrogens is 2. The minimum absolute atomic E-state index is 0.127. The number of carbonyl (C=O) groups excluding carboxylic acids is 1. The summed E-state index contributed by atoms with van der Waals surface area (Å²) in [5, 5.41) is 4.69. The first-order chi connectivity index (χ1) is 13.7. The Labute approximate surface area is 165 Å². The molecule has 0 fully saturated rings. The van der Waals surface area contributed by atoms with E-state index >= 15 is 0 Å². The normalized spacial score (nSPS) is 10.8. The molecule has 1 N–H and O–H groups in total. The fourth-order valence-corrected chi connectivity index (χ4v) is 3.95. The maximum absolute atomic E-state index is 12.8. The maximum Gasteiger partial charge on any atom is 0.271 e. The molecule has 28 heavy (non-hydrogen) atoms. The number of hydrogen-bond donors (Lipinski definition) is 1. The number of rotatable bonds is 5. The van der Waals surface area contributed by atoms with Gasteiger partial charge in [0.1, 0.15) is 17.0 Å². The van der Waals surface area contributed by atoms with E-state index in [0.29, 0.717) is 21.7 Å². The van der Waals surface area contributed by atoms with Crippen molar-refractivity contribution in [3.05, 3.63) is 76.7 Å². The van der Waals surface area contributed by atoms with Gasteiger partial charge in [-0.25, -0.2) is 4.98 Å². The lowest BCUT2D eigenvalue weighted by molar-refractivity contribution is -0.116. The Morgan fingerprint density at radius 2 is 1.89 bits per heavy atom. The van der Waals surface area contributed by atoms with Crippen molar-refractivity contribution in [2.75, 3.05) is 12.4 Å². The first-order valence-corrected chi connectivity index (χ1v) is 9.50. The third-order valence-corrected chi connectivity index (χ3v) is 5.28. The summed E-state index contributed by atoms with van der Waals surface area (Å²) in [5.41, 5.74) is 2.91. The highest BCUT2D eigenvalue weighted by molar-refractivity contribution is 7.17. The zero-order valence-corrected chi connectivity index (χ0v) is 15.9. The van der Waals surface area contributed by atoms with Crippen LogP contribution in [0, 0.1) is 0 Å². The largest absolute Gasteiger partial charge is 0.495 e. The standard InChI is InChI=1S/C21H17N3O3S/c1-27-17-10-6-5-9-16(17)23-18(25)11-24-13-22-19-15(12-28-20(19)21(24)26)14-7-3-2-4-8-14/h2-10,12-13H,11H2,1H3,(H,23,25). The van der Waals surface area contributed by atoms with Crippen LogP contribution >= 0.6 is 11.3 Å². The average Bonchev–Trinajstić information content (AvgIpc) is 3.16.